The molecule has 0 fully saturated rings. The lowest BCUT2D eigenvalue weighted by molar-refractivity contribution is 0.506. The van der Waals surface area contributed by atoms with Crippen molar-refractivity contribution in [3.63, 3.8) is 0 Å². The fourth-order valence-electron chi connectivity index (χ4n) is 1.90. The summed E-state index contributed by atoms with van der Waals surface area (Å²) < 4.78 is 27.9. The first kappa shape index (κ1) is 17.7. The van der Waals surface area contributed by atoms with E-state index in [0.29, 0.717) is 11.3 Å². The van der Waals surface area contributed by atoms with Gasteiger partial charge < -0.3 is 5.73 Å². The van der Waals surface area contributed by atoms with Crippen LogP contribution < -0.4 is 5.73 Å². The minimum absolute atomic E-state index is 0. The molecule has 0 radical (unpaired) electrons. The summed E-state index contributed by atoms with van der Waals surface area (Å²) in [5, 5.41) is 8.06. The Morgan fingerprint density at radius 1 is 1.24 bits per heavy atom. The van der Waals surface area contributed by atoms with Gasteiger partial charge in [0.2, 0.25) is 0 Å². The first-order valence-electron chi connectivity index (χ1n) is 6.37. The average Bonchev–Trinajstić information content (AvgIpc) is 2.78. The summed E-state index contributed by atoms with van der Waals surface area (Å²) in [7, 11) is -1.31. The van der Waals surface area contributed by atoms with Gasteiger partial charge in [0.15, 0.2) is 11.6 Å². The molecule has 0 amide bonds. The zero-order valence-corrected chi connectivity index (χ0v) is 14.0. The fraction of sp³-hybridized carbons (Fsp3) is 0.385. The van der Waals surface area contributed by atoms with Crippen LogP contribution in [0.25, 0.3) is 0 Å². The van der Waals surface area contributed by atoms with Crippen molar-refractivity contribution in [1.29, 1.82) is 0 Å². The number of hydrogen-bond donors (Lipinski definition) is 1. The van der Waals surface area contributed by atoms with Crippen LogP contribution in [0.3, 0.4) is 0 Å². The molecule has 21 heavy (non-hydrogen) atoms. The summed E-state index contributed by atoms with van der Waals surface area (Å²) in [6.07, 6.45) is 2.61. The number of aromatic nitrogens is 3. The maximum atomic E-state index is 13.2. The van der Waals surface area contributed by atoms with E-state index in [-0.39, 0.29) is 12.4 Å². The Morgan fingerprint density at radius 3 is 2.48 bits per heavy atom. The molecule has 1 unspecified atom stereocenters. The molecule has 1 heterocycles. The van der Waals surface area contributed by atoms with E-state index in [4.69, 9.17) is 5.73 Å². The van der Waals surface area contributed by atoms with E-state index < -0.39 is 25.8 Å². The van der Waals surface area contributed by atoms with Crippen LogP contribution in [0.5, 0.6) is 0 Å². The first-order chi connectivity index (χ1) is 9.26. The van der Waals surface area contributed by atoms with Gasteiger partial charge >= 0.3 is 0 Å². The standard InChI is InChI=1S/C13H18F2N4Si.ClH/c1-20(2,3)8-19-7-12(17-18-19)13(16)9-4-5-10(14)11(15)6-9;/h4-7,13H,8,16H2,1-3H3;1H. The van der Waals surface area contributed by atoms with Crippen molar-refractivity contribution in [3.8, 4) is 0 Å². The summed E-state index contributed by atoms with van der Waals surface area (Å²) in [6.45, 7) is 6.68. The van der Waals surface area contributed by atoms with Crippen LogP contribution in [0, 0.1) is 11.6 Å². The minimum atomic E-state index is -1.31. The normalized spacial score (nSPS) is 12.9. The van der Waals surface area contributed by atoms with E-state index in [1.165, 1.54) is 6.07 Å². The predicted octanol–water partition coefficient (Wildman–Crippen LogP) is 2.90. The third kappa shape index (κ3) is 4.59. The summed E-state index contributed by atoms with van der Waals surface area (Å²) in [4.78, 5) is 0. The van der Waals surface area contributed by atoms with E-state index in [2.05, 4.69) is 30.0 Å². The lowest BCUT2D eigenvalue weighted by Gasteiger charge is -2.14. The minimum Gasteiger partial charge on any atom is -0.319 e. The van der Waals surface area contributed by atoms with Crippen LogP contribution in [0.1, 0.15) is 17.3 Å². The molecule has 0 saturated heterocycles. The molecule has 0 bridgehead atoms. The molecule has 0 spiro atoms. The first-order valence-corrected chi connectivity index (χ1v) is 10.1. The lowest BCUT2D eigenvalue weighted by Crippen LogP contribution is -2.28. The number of benzene rings is 1. The molecule has 1 aromatic heterocycles. The summed E-state index contributed by atoms with van der Waals surface area (Å²) in [5.74, 6) is -1.80. The van der Waals surface area contributed by atoms with Gasteiger partial charge in [-0.3, -0.25) is 4.68 Å². The van der Waals surface area contributed by atoms with E-state index >= 15 is 0 Å². The van der Waals surface area contributed by atoms with Crippen LogP contribution in [0.15, 0.2) is 24.4 Å². The Morgan fingerprint density at radius 2 is 1.90 bits per heavy atom. The van der Waals surface area contributed by atoms with Gasteiger partial charge in [0, 0.05) is 6.17 Å². The Balaban J connectivity index is 0.00000220. The van der Waals surface area contributed by atoms with Crippen LogP contribution >= 0.6 is 12.4 Å². The second kappa shape index (κ2) is 6.63. The van der Waals surface area contributed by atoms with Crippen molar-refractivity contribution in [1.82, 2.24) is 15.0 Å². The van der Waals surface area contributed by atoms with E-state index in [0.717, 1.165) is 18.3 Å². The number of halogens is 3. The topological polar surface area (TPSA) is 56.7 Å². The molecule has 2 N–H and O–H groups in total. The molecule has 0 aliphatic carbocycles. The van der Waals surface area contributed by atoms with Gasteiger partial charge in [-0.05, 0) is 17.7 Å². The highest BCUT2D eigenvalue weighted by Gasteiger charge is 2.18. The SMILES string of the molecule is C[Si](C)(C)Cn1cc(C(N)c2ccc(F)c(F)c2)nn1.Cl. The highest BCUT2D eigenvalue weighted by atomic mass is 35.5. The van der Waals surface area contributed by atoms with Crippen molar-refractivity contribution in [3.05, 3.63) is 47.3 Å². The van der Waals surface area contributed by atoms with Gasteiger partial charge in [0.05, 0.1) is 20.3 Å². The number of hydrogen-bond acceptors (Lipinski definition) is 3. The maximum absolute atomic E-state index is 13.2. The Kier molecular flexibility index (Phi) is 5.60. The van der Waals surface area contributed by atoms with Crippen LogP contribution in [-0.2, 0) is 6.17 Å². The molecule has 116 valence electrons. The van der Waals surface area contributed by atoms with Gasteiger partial charge in [-0.1, -0.05) is 30.9 Å². The third-order valence-electron chi connectivity index (χ3n) is 2.81. The van der Waals surface area contributed by atoms with Crippen LogP contribution in [-0.4, -0.2) is 23.1 Å². The van der Waals surface area contributed by atoms with Crippen molar-refractivity contribution >= 4 is 20.5 Å². The van der Waals surface area contributed by atoms with Crippen molar-refractivity contribution in [2.24, 2.45) is 5.73 Å². The smallest absolute Gasteiger partial charge is 0.159 e. The summed E-state index contributed by atoms with van der Waals surface area (Å²) >= 11 is 0. The van der Waals surface area contributed by atoms with Gasteiger partial charge in [-0.25, -0.2) is 8.78 Å². The highest BCUT2D eigenvalue weighted by Crippen LogP contribution is 2.19. The van der Waals surface area contributed by atoms with Crippen molar-refractivity contribution in [2.45, 2.75) is 31.9 Å². The zero-order valence-electron chi connectivity index (χ0n) is 12.2. The average molecular weight is 333 g/mol. The molecule has 8 heteroatoms. The van der Waals surface area contributed by atoms with E-state index in [9.17, 15) is 8.78 Å². The molecule has 0 saturated carbocycles. The van der Waals surface area contributed by atoms with E-state index in [1.807, 2.05) is 0 Å². The van der Waals surface area contributed by atoms with Crippen molar-refractivity contribution in [2.75, 3.05) is 0 Å². The third-order valence-corrected chi connectivity index (χ3v) is 4.09. The Bertz CT molecular complexity index is 612. The number of nitrogens with zero attached hydrogens (tertiary/aromatic N) is 3. The second-order valence-electron chi connectivity index (χ2n) is 6.05. The van der Waals surface area contributed by atoms with Crippen LogP contribution in [0.2, 0.25) is 19.6 Å². The quantitative estimate of drug-likeness (QED) is 0.876. The monoisotopic (exact) mass is 332 g/mol. The lowest BCUT2D eigenvalue weighted by atomic mass is 10.1. The summed E-state index contributed by atoms with van der Waals surface area (Å²) in [6, 6.07) is 3.01. The molecule has 2 rings (SSSR count). The molecule has 1 aromatic carbocycles. The highest BCUT2D eigenvalue weighted by molar-refractivity contribution is 6.74. The molecule has 1 atom stereocenters. The number of nitrogens with two attached hydrogens (primary N) is 1. The molecular formula is C13H19ClF2N4Si. The molecule has 4 nitrogen and oxygen atoms in total. The van der Waals surface area contributed by atoms with Gasteiger partial charge in [0.25, 0.3) is 0 Å². The van der Waals surface area contributed by atoms with Crippen LogP contribution in [0.4, 0.5) is 8.78 Å². The Hall–Kier alpha value is -1.31. The fourth-order valence-corrected chi connectivity index (χ4v) is 3.02. The number of rotatable bonds is 4. The van der Waals surface area contributed by atoms with E-state index in [1.54, 1.807) is 10.9 Å². The molecule has 2 aromatic rings. The maximum Gasteiger partial charge on any atom is 0.159 e. The molecule has 0 aliphatic heterocycles. The molecule has 0 aliphatic rings. The zero-order chi connectivity index (χ0) is 14.9. The Labute approximate surface area is 129 Å². The second-order valence-corrected chi connectivity index (χ2v) is 11.5. The predicted molar refractivity (Wildman–Crippen MR) is 83.0 cm³/mol. The van der Waals surface area contributed by atoms with Crippen molar-refractivity contribution < 1.29 is 8.78 Å². The molecular weight excluding hydrogens is 314 g/mol. The van der Waals surface area contributed by atoms with Gasteiger partial charge in [0.1, 0.15) is 5.69 Å². The largest absolute Gasteiger partial charge is 0.319 e. The van der Waals surface area contributed by atoms with Gasteiger partial charge in [-0.2, -0.15) is 0 Å². The summed E-state index contributed by atoms with van der Waals surface area (Å²) in [5.41, 5.74) is 7.04. The van der Waals surface area contributed by atoms with Gasteiger partial charge in [-0.15, -0.1) is 17.5 Å².